The van der Waals surface area contributed by atoms with Gasteiger partial charge in [0.05, 0.1) is 18.2 Å². The number of carbonyl (C=O) groups is 2. The largest absolute Gasteiger partial charge is 0.508 e. The number of ether oxygens (including phenoxy) is 3. The van der Waals surface area contributed by atoms with E-state index in [2.05, 4.69) is 0 Å². The molecule has 12 heteroatoms. The molecule has 0 bridgehead atoms. The fraction of sp³-hybridized carbons (Fsp3) is 0.259. The van der Waals surface area contributed by atoms with E-state index in [1.807, 2.05) is 0 Å². The van der Waals surface area contributed by atoms with Gasteiger partial charge in [0.2, 0.25) is 5.78 Å². The fourth-order valence-electron chi connectivity index (χ4n) is 4.24. The minimum atomic E-state index is -1.84. The minimum Gasteiger partial charge on any atom is -0.508 e. The van der Waals surface area contributed by atoms with Crippen LogP contribution in [-0.4, -0.2) is 85.6 Å². The number of rotatable bonds is 7. The Morgan fingerprint density at radius 1 is 0.821 bits per heavy atom. The predicted octanol–water partition coefficient (Wildman–Crippen LogP) is 1.13. The summed E-state index contributed by atoms with van der Waals surface area (Å²) in [6, 6.07) is 11.2. The van der Waals surface area contributed by atoms with Crippen molar-refractivity contribution in [2.75, 3.05) is 13.7 Å². The maximum absolute atomic E-state index is 13.1. The zero-order valence-corrected chi connectivity index (χ0v) is 20.5. The number of benzene rings is 3. The Hall–Kier alpha value is -4.36. The van der Waals surface area contributed by atoms with Crippen molar-refractivity contribution in [3.05, 3.63) is 76.9 Å². The number of aromatic hydroxyl groups is 4. The lowest BCUT2D eigenvalue weighted by Crippen LogP contribution is -2.55. The second-order valence-electron chi connectivity index (χ2n) is 8.82. The van der Waals surface area contributed by atoms with Gasteiger partial charge in [-0.15, -0.1) is 0 Å². The molecule has 0 aromatic heterocycles. The van der Waals surface area contributed by atoms with Crippen LogP contribution in [0.5, 0.6) is 28.7 Å². The van der Waals surface area contributed by atoms with E-state index in [0.29, 0.717) is 0 Å². The van der Waals surface area contributed by atoms with E-state index in [4.69, 9.17) is 14.2 Å². The first-order valence-corrected chi connectivity index (χ1v) is 11.7. The van der Waals surface area contributed by atoms with Crippen LogP contribution in [-0.2, 0) is 9.47 Å². The average Bonchev–Trinajstić information content (AvgIpc) is 2.92. The second kappa shape index (κ2) is 11.2. The Morgan fingerprint density at radius 2 is 1.38 bits per heavy atom. The first kappa shape index (κ1) is 27.7. The van der Waals surface area contributed by atoms with Crippen LogP contribution >= 0.6 is 0 Å². The minimum absolute atomic E-state index is 0.00843. The smallest absolute Gasteiger partial charge is 0.338 e. The molecule has 12 nitrogen and oxygen atoms in total. The number of esters is 1. The number of methoxy groups -OCH3 is 1. The summed E-state index contributed by atoms with van der Waals surface area (Å²) in [5.41, 5.74) is -0.784. The zero-order chi connectivity index (χ0) is 28.4. The molecule has 1 aliphatic heterocycles. The Morgan fingerprint density at radius 3 is 1.95 bits per heavy atom. The summed E-state index contributed by atoms with van der Waals surface area (Å²) in [7, 11) is 1.19. The van der Waals surface area contributed by atoms with Gasteiger partial charge in [0.1, 0.15) is 71.4 Å². The van der Waals surface area contributed by atoms with Gasteiger partial charge in [-0.1, -0.05) is 0 Å². The Balaban J connectivity index is 1.66. The fourth-order valence-corrected chi connectivity index (χ4v) is 4.24. The third-order valence-electron chi connectivity index (χ3n) is 6.34. The number of phenols is 4. The van der Waals surface area contributed by atoms with Gasteiger partial charge in [0, 0.05) is 11.6 Å². The summed E-state index contributed by atoms with van der Waals surface area (Å²) in [4.78, 5) is 25.5. The highest BCUT2D eigenvalue weighted by Crippen LogP contribution is 2.47. The molecule has 0 radical (unpaired) electrons. The van der Waals surface area contributed by atoms with Crippen molar-refractivity contribution in [1.82, 2.24) is 0 Å². The average molecular weight is 542 g/mol. The molecular formula is C27H26O12. The van der Waals surface area contributed by atoms with Crippen LogP contribution in [0.25, 0.3) is 0 Å². The molecule has 0 unspecified atom stereocenters. The standard InChI is InChI=1S/C27H26O12/c1-37-17-10-16(30)19(21(31)12-2-6-14(28)7-3-12)23(33)20(17)26-25(35)24(34)22(32)18(39-26)11-38-27(36)13-4-8-15(29)9-5-13/h2-10,18,22,24-26,28-30,32-35H,11H2,1H3/t18-,22-,24+,25-,26+/m1/s1. The number of phenolic OH excluding ortho intramolecular Hbond substituents is 4. The molecule has 7 N–H and O–H groups in total. The van der Waals surface area contributed by atoms with Crippen molar-refractivity contribution in [2.24, 2.45) is 0 Å². The molecule has 5 atom stereocenters. The zero-order valence-electron chi connectivity index (χ0n) is 20.5. The Labute approximate surface area is 221 Å². The maximum Gasteiger partial charge on any atom is 0.338 e. The number of hydrogen-bond donors (Lipinski definition) is 7. The monoisotopic (exact) mass is 542 g/mol. The molecule has 39 heavy (non-hydrogen) atoms. The number of carbonyl (C=O) groups excluding carboxylic acids is 2. The Bertz CT molecular complexity index is 1350. The molecule has 1 heterocycles. The van der Waals surface area contributed by atoms with Crippen molar-refractivity contribution in [2.45, 2.75) is 30.5 Å². The lowest BCUT2D eigenvalue weighted by atomic mass is 9.88. The van der Waals surface area contributed by atoms with Crippen LogP contribution in [0.4, 0.5) is 0 Å². The van der Waals surface area contributed by atoms with Gasteiger partial charge in [-0.2, -0.15) is 0 Å². The molecular weight excluding hydrogens is 516 g/mol. The van der Waals surface area contributed by atoms with Crippen molar-refractivity contribution >= 4 is 11.8 Å². The summed E-state index contributed by atoms with van der Waals surface area (Å²) < 4.78 is 16.1. The van der Waals surface area contributed by atoms with Gasteiger partial charge in [-0.25, -0.2) is 4.79 Å². The van der Waals surface area contributed by atoms with E-state index in [9.17, 15) is 45.3 Å². The summed E-state index contributed by atoms with van der Waals surface area (Å²) in [5.74, 6) is -3.52. The van der Waals surface area contributed by atoms with E-state index in [0.717, 1.165) is 6.07 Å². The van der Waals surface area contributed by atoms with E-state index >= 15 is 0 Å². The highest BCUT2D eigenvalue weighted by atomic mass is 16.6. The van der Waals surface area contributed by atoms with Crippen molar-refractivity contribution in [1.29, 1.82) is 0 Å². The van der Waals surface area contributed by atoms with Gasteiger partial charge in [-0.3, -0.25) is 4.79 Å². The first-order valence-electron chi connectivity index (χ1n) is 11.7. The van der Waals surface area contributed by atoms with Crippen LogP contribution in [0.2, 0.25) is 0 Å². The third kappa shape index (κ3) is 5.45. The lowest BCUT2D eigenvalue weighted by molar-refractivity contribution is -0.232. The van der Waals surface area contributed by atoms with Gasteiger partial charge in [0.15, 0.2) is 0 Å². The van der Waals surface area contributed by atoms with E-state index in [1.54, 1.807) is 0 Å². The summed E-state index contributed by atoms with van der Waals surface area (Å²) >= 11 is 0. The van der Waals surface area contributed by atoms with E-state index < -0.39 is 65.9 Å². The van der Waals surface area contributed by atoms with Crippen molar-refractivity contribution in [3.8, 4) is 28.7 Å². The van der Waals surface area contributed by atoms with Crippen LogP contribution in [0.3, 0.4) is 0 Å². The summed E-state index contributed by atoms with van der Waals surface area (Å²) in [6.07, 6.45) is -8.40. The summed E-state index contributed by atoms with van der Waals surface area (Å²) in [5, 5.41) is 72.3. The number of aliphatic hydroxyl groups excluding tert-OH is 3. The normalized spacial score (nSPS) is 22.7. The van der Waals surface area contributed by atoms with Crippen LogP contribution in [0, 0.1) is 0 Å². The van der Waals surface area contributed by atoms with Crippen molar-refractivity contribution in [3.63, 3.8) is 0 Å². The molecule has 0 amide bonds. The van der Waals surface area contributed by atoms with Crippen LogP contribution in [0.15, 0.2) is 54.6 Å². The molecule has 4 rings (SSSR count). The molecule has 0 aliphatic carbocycles. The number of hydrogen-bond acceptors (Lipinski definition) is 12. The van der Waals surface area contributed by atoms with Gasteiger partial charge < -0.3 is 50.0 Å². The summed E-state index contributed by atoms with van der Waals surface area (Å²) in [6.45, 7) is -0.582. The van der Waals surface area contributed by atoms with Crippen LogP contribution < -0.4 is 4.74 Å². The molecule has 1 saturated heterocycles. The molecule has 3 aromatic carbocycles. The molecule has 0 spiro atoms. The highest BCUT2D eigenvalue weighted by Gasteiger charge is 2.47. The van der Waals surface area contributed by atoms with Gasteiger partial charge in [-0.05, 0) is 48.5 Å². The molecule has 3 aromatic rings. The maximum atomic E-state index is 13.1. The topological polar surface area (TPSA) is 203 Å². The SMILES string of the molecule is COc1cc(O)c(C(=O)c2ccc(O)cc2)c(O)c1[C@@H]1O[C@H](COC(=O)c2ccc(O)cc2)[C@@H](O)[C@H](O)[C@H]1O. The lowest BCUT2D eigenvalue weighted by Gasteiger charge is -2.41. The molecule has 1 fully saturated rings. The quantitative estimate of drug-likeness (QED) is 0.166. The molecule has 206 valence electrons. The van der Waals surface area contributed by atoms with Gasteiger partial charge in [0.25, 0.3) is 0 Å². The van der Waals surface area contributed by atoms with Crippen molar-refractivity contribution < 1.29 is 59.5 Å². The second-order valence-corrected chi connectivity index (χ2v) is 8.82. The predicted molar refractivity (Wildman–Crippen MR) is 132 cm³/mol. The molecule has 1 aliphatic rings. The number of ketones is 1. The number of aliphatic hydroxyl groups is 3. The first-order chi connectivity index (χ1) is 18.5. The van der Waals surface area contributed by atoms with E-state index in [-0.39, 0.29) is 33.9 Å². The third-order valence-corrected chi connectivity index (χ3v) is 6.34. The van der Waals surface area contributed by atoms with E-state index in [1.165, 1.54) is 55.6 Å². The highest BCUT2D eigenvalue weighted by molar-refractivity contribution is 6.13. The molecule has 0 saturated carbocycles. The Kier molecular flexibility index (Phi) is 7.93. The van der Waals surface area contributed by atoms with Crippen LogP contribution in [0.1, 0.15) is 37.9 Å². The van der Waals surface area contributed by atoms with Gasteiger partial charge >= 0.3 is 5.97 Å².